The van der Waals surface area contributed by atoms with Gasteiger partial charge in [-0.3, -0.25) is 0 Å². The lowest BCUT2D eigenvalue weighted by molar-refractivity contribution is -0.137. The number of hydrazone groups is 1. The summed E-state index contributed by atoms with van der Waals surface area (Å²) in [7, 11) is 0. The van der Waals surface area contributed by atoms with Gasteiger partial charge < -0.3 is 15.0 Å². The summed E-state index contributed by atoms with van der Waals surface area (Å²) < 4.78 is 59.1. The maximum absolute atomic E-state index is 14.4. The van der Waals surface area contributed by atoms with Crippen LogP contribution >= 0.6 is 0 Å². The third-order valence-corrected chi connectivity index (χ3v) is 5.99. The molecular weight excluding hydrogens is 488 g/mol. The maximum Gasteiger partial charge on any atom is 0.416 e. The zero-order valence-corrected chi connectivity index (χ0v) is 20.5. The smallest absolute Gasteiger partial charge is 0.375 e. The number of benzene rings is 2. The first kappa shape index (κ1) is 26.3. The van der Waals surface area contributed by atoms with Crippen LogP contribution in [0.5, 0.6) is 0 Å². The minimum atomic E-state index is -4.41. The van der Waals surface area contributed by atoms with E-state index in [1.54, 1.807) is 18.3 Å². The van der Waals surface area contributed by atoms with Crippen LogP contribution in [0.25, 0.3) is 0 Å². The van der Waals surface area contributed by atoms with Crippen LogP contribution in [0, 0.1) is 5.82 Å². The number of alkyl halides is 3. The highest BCUT2D eigenvalue weighted by Gasteiger charge is 2.30. The monoisotopic (exact) mass is 516 g/mol. The van der Waals surface area contributed by atoms with Crippen LogP contribution in [0.3, 0.4) is 0 Å². The predicted molar refractivity (Wildman–Crippen MR) is 136 cm³/mol. The molecule has 0 radical (unpaired) electrons. The molecule has 1 fully saturated rings. The summed E-state index contributed by atoms with van der Waals surface area (Å²) in [6.45, 7) is 5.57. The standard InChI is InChI=1S/C26H28F4N6O/c1-3-17-12-21(33-20-7-5-6-19(13-20)26(28,29)30)9-8-18(17)14-32-35-25-31-15-23(27)24(34-25)36-10-11-37-22(4-2)16-36/h5-9,12-15,22,33H,3-4,10-11,16H2,1-2H3,(H,31,34,35)/b32-14+. The SMILES string of the molecule is CCc1cc(Nc2cccc(C(F)(F)F)c2)ccc1/C=N/Nc1ncc(F)c(N2CCOC(CC)C2)n1. The molecule has 0 bridgehead atoms. The summed E-state index contributed by atoms with van der Waals surface area (Å²) in [5.41, 5.74) is 4.78. The van der Waals surface area contributed by atoms with E-state index in [9.17, 15) is 17.6 Å². The van der Waals surface area contributed by atoms with Gasteiger partial charge in [0.1, 0.15) is 0 Å². The number of ether oxygens (including phenoxy) is 1. The molecule has 1 aliphatic heterocycles. The largest absolute Gasteiger partial charge is 0.416 e. The molecule has 7 nitrogen and oxygen atoms in total. The Hall–Kier alpha value is -3.73. The van der Waals surface area contributed by atoms with Crippen molar-refractivity contribution in [1.29, 1.82) is 0 Å². The van der Waals surface area contributed by atoms with E-state index in [-0.39, 0.29) is 17.9 Å². The maximum atomic E-state index is 14.4. The lowest BCUT2D eigenvalue weighted by Crippen LogP contribution is -2.43. The van der Waals surface area contributed by atoms with E-state index in [4.69, 9.17) is 4.74 Å². The Balaban J connectivity index is 1.45. The number of nitrogens with one attached hydrogen (secondary N) is 2. The zero-order valence-electron chi connectivity index (χ0n) is 20.5. The Labute approximate surface area is 212 Å². The number of morpholine rings is 1. The number of rotatable bonds is 8. The van der Waals surface area contributed by atoms with Crippen molar-refractivity contribution in [2.24, 2.45) is 5.10 Å². The predicted octanol–water partition coefficient (Wildman–Crippen LogP) is 6.00. The molecule has 3 aromatic rings. The minimum absolute atomic E-state index is 0.0241. The van der Waals surface area contributed by atoms with Crippen molar-refractivity contribution in [2.75, 3.05) is 35.3 Å². The summed E-state index contributed by atoms with van der Waals surface area (Å²) in [4.78, 5) is 10.1. The quantitative estimate of drug-likeness (QED) is 0.217. The molecule has 37 heavy (non-hydrogen) atoms. The van der Waals surface area contributed by atoms with Gasteiger partial charge in [-0.15, -0.1) is 0 Å². The molecular formula is C26H28F4N6O. The van der Waals surface area contributed by atoms with Gasteiger partial charge in [-0.05, 0) is 54.3 Å². The van der Waals surface area contributed by atoms with Crippen LogP contribution in [0.4, 0.5) is 40.7 Å². The highest BCUT2D eigenvalue weighted by atomic mass is 19.4. The van der Waals surface area contributed by atoms with Crippen molar-refractivity contribution in [3.8, 4) is 0 Å². The van der Waals surface area contributed by atoms with E-state index < -0.39 is 17.6 Å². The van der Waals surface area contributed by atoms with Crippen LogP contribution < -0.4 is 15.6 Å². The van der Waals surface area contributed by atoms with Crippen molar-refractivity contribution in [3.05, 3.63) is 71.2 Å². The summed E-state index contributed by atoms with van der Waals surface area (Å²) >= 11 is 0. The molecule has 1 atom stereocenters. The van der Waals surface area contributed by atoms with Gasteiger partial charge in [-0.1, -0.05) is 26.0 Å². The fourth-order valence-corrected chi connectivity index (χ4v) is 4.01. The number of hydrogen-bond donors (Lipinski definition) is 2. The van der Waals surface area contributed by atoms with Gasteiger partial charge in [-0.2, -0.15) is 23.3 Å². The van der Waals surface area contributed by atoms with Gasteiger partial charge >= 0.3 is 6.18 Å². The number of hydrogen-bond acceptors (Lipinski definition) is 7. The second-order valence-corrected chi connectivity index (χ2v) is 8.55. The number of anilines is 4. The molecule has 0 aliphatic carbocycles. The third kappa shape index (κ3) is 6.73. The Morgan fingerprint density at radius 1 is 1.16 bits per heavy atom. The number of halogens is 4. The molecule has 1 aromatic heterocycles. The van der Waals surface area contributed by atoms with E-state index in [0.29, 0.717) is 37.5 Å². The Morgan fingerprint density at radius 2 is 1.97 bits per heavy atom. The van der Waals surface area contributed by atoms with Gasteiger partial charge in [-0.25, -0.2) is 14.8 Å². The lowest BCUT2D eigenvalue weighted by Gasteiger charge is -2.33. The minimum Gasteiger partial charge on any atom is -0.375 e. The highest BCUT2D eigenvalue weighted by Crippen LogP contribution is 2.31. The summed E-state index contributed by atoms with van der Waals surface area (Å²) in [5.74, 6) is -0.148. The van der Waals surface area contributed by atoms with Gasteiger partial charge in [0.25, 0.3) is 0 Å². The number of aryl methyl sites for hydroxylation is 1. The summed E-state index contributed by atoms with van der Waals surface area (Å²) in [6, 6.07) is 10.5. The van der Waals surface area contributed by atoms with Gasteiger partial charge in [0.15, 0.2) is 11.6 Å². The second kappa shape index (κ2) is 11.5. The van der Waals surface area contributed by atoms with Crippen LogP contribution in [-0.4, -0.2) is 42.0 Å². The van der Waals surface area contributed by atoms with Gasteiger partial charge in [0, 0.05) is 24.5 Å². The second-order valence-electron chi connectivity index (χ2n) is 8.55. The van der Waals surface area contributed by atoms with Crippen LogP contribution in [0.2, 0.25) is 0 Å². The van der Waals surface area contributed by atoms with Crippen LogP contribution in [-0.2, 0) is 17.3 Å². The molecule has 2 aromatic carbocycles. The van der Waals surface area contributed by atoms with Crippen molar-refractivity contribution >= 4 is 29.4 Å². The average molecular weight is 517 g/mol. The fourth-order valence-electron chi connectivity index (χ4n) is 4.01. The molecule has 0 saturated carbocycles. The molecule has 1 saturated heterocycles. The van der Waals surface area contributed by atoms with E-state index >= 15 is 0 Å². The van der Waals surface area contributed by atoms with Crippen molar-refractivity contribution in [1.82, 2.24) is 9.97 Å². The van der Waals surface area contributed by atoms with Gasteiger partial charge in [0.2, 0.25) is 5.95 Å². The van der Waals surface area contributed by atoms with E-state index in [1.165, 1.54) is 6.07 Å². The normalized spacial score (nSPS) is 16.3. The fraction of sp³-hybridized carbons (Fsp3) is 0.346. The Morgan fingerprint density at radius 3 is 2.73 bits per heavy atom. The molecule has 0 amide bonds. The molecule has 2 heterocycles. The molecule has 1 unspecified atom stereocenters. The first-order valence-corrected chi connectivity index (χ1v) is 12.0. The summed E-state index contributed by atoms with van der Waals surface area (Å²) in [6.07, 6.45) is -0.173. The van der Waals surface area contributed by atoms with Crippen LogP contribution in [0.15, 0.2) is 53.8 Å². The van der Waals surface area contributed by atoms with Crippen molar-refractivity contribution in [2.45, 2.75) is 39.0 Å². The molecule has 0 spiro atoms. The topological polar surface area (TPSA) is 74.7 Å². The molecule has 1 aliphatic rings. The van der Waals surface area contributed by atoms with Crippen molar-refractivity contribution < 1.29 is 22.3 Å². The Bertz CT molecular complexity index is 1250. The Kier molecular flexibility index (Phi) is 8.22. The first-order chi connectivity index (χ1) is 17.8. The number of nitrogens with zero attached hydrogens (tertiary/aromatic N) is 4. The molecule has 4 rings (SSSR count). The number of aromatic nitrogens is 2. The molecule has 2 N–H and O–H groups in total. The van der Waals surface area contributed by atoms with Gasteiger partial charge in [0.05, 0.1) is 30.7 Å². The van der Waals surface area contributed by atoms with Crippen molar-refractivity contribution in [3.63, 3.8) is 0 Å². The zero-order chi connectivity index (χ0) is 26.4. The summed E-state index contributed by atoms with van der Waals surface area (Å²) in [5, 5.41) is 7.23. The first-order valence-electron chi connectivity index (χ1n) is 12.0. The lowest BCUT2D eigenvalue weighted by atomic mass is 10.0. The molecule has 196 valence electrons. The molecule has 11 heteroatoms. The van der Waals surface area contributed by atoms with E-state index in [1.807, 2.05) is 30.9 Å². The van der Waals surface area contributed by atoms with E-state index in [2.05, 4.69) is 25.8 Å². The third-order valence-electron chi connectivity index (χ3n) is 5.99. The van der Waals surface area contributed by atoms with E-state index in [0.717, 1.165) is 35.9 Å². The average Bonchev–Trinajstić information content (AvgIpc) is 2.90. The van der Waals surface area contributed by atoms with Crippen LogP contribution in [0.1, 0.15) is 37.0 Å². The highest BCUT2D eigenvalue weighted by molar-refractivity contribution is 5.83.